The number of hydrogen-bond donors (Lipinski definition) is 3. The molecule has 0 aliphatic carbocycles. The van der Waals surface area contributed by atoms with Crippen LogP contribution in [-0.4, -0.2) is 73.2 Å². The molecule has 3 amide bonds. The molecule has 34 heavy (non-hydrogen) atoms. The quantitative estimate of drug-likeness (QED) is 0.375. The molecule has 1 aromatic rings. The monoisotopic (exact) mass is 482 g/mol. The Morgan fingerprint density at radius 3 is 2.26 bits per heavy atom. The van der Waals surface area contributed by atoms with Crippen molar-refractivity contribution >= 4 is 23.5 Å². The lowest BCUT2D eigenvalue weighted by molar-refractivity contribution is -0.131. The van der Waals surface area contributed by atoms with Crippen molar-refractivity contribution in [2.24, 2.45) is 5.92 Å². The van der Waals surface area contributed by atoms with E-state index >= 15 is 0 Å². The zero-order chi connectivity index (χ0) is 25.9. The number of rotatable bonds is 12. The van der Waals surface area contributed by atoms with Crippen molar-refractivity contribution in [1.29, 1.82) is 0 Å². The molecule has 0 unspecified atom stereocenters. The summed E-state index contributed by atoms with van der Waals surface area (Å²) >= 11 is 0. The van der Waals surface area contributed by atoms with Gasteiger partial charge in [0.1, 0.15) is 17.4 Å². The Balaban J connectivity index is 0.00000182. The minimum atomic E-state index is -1.05. The summed E-state index contributed by atoms with van der Waals surface area (Å²) in [6.07, 6.45) is 1.71. The molecule has 11 nitrogen and oxygen atoms in total. The highest BCUT2D eigenvalue weighted by Crippen LogP contribution is 2.29. The van der Waals surface area contributed by atoms with E-state index in [0.29, 0.717) is 18.8 Å². The van der Waals surface area contributed by atoms with Crippen molar-refractivity contribution in [3.8, 4) is 0 Å². The first-order valence-corrected chi connectivity index (χ1v) is 11.5. The lowest BCUT2D eigenvalue weighted by Crippen LogP contribution is -2.53. The van der Waals surface area contributed by atoms with Crippen LogP contribution in [0.1, 0.15) is 63.7 Å². The molecular formula is C23H38N4O7. The van der Waals surface area contributed by atoms with Crippen LogP contribution in [0, 0.1) is 12.8 Å². The number of carbonyl (C=O) groups is 4. The molecule has 0 radical (unpaired) electrons. The Kier molecular flexibility index (Phi) is 11.9. The van der Waals surface area contributed by atoms with Crippen LogP contribution >= 0.6 is 0 Å². The first-order valence-electron chi connectivity index (χ1n) is 11.5. The zero-order valence-corrected chi connectivity index (χ0v) is 21.1. The smallest absolute Gasteiger partial charge is 0.274 e. The number of Topliss-reactive ketones (excluding diaryl/α,β-unsaturated/α-hetero) is 1. The summed E-state index contributed by atoms with van der Waals surface area (Å²) < 4.78 is 15.0. The second kappa shape index (κ2) is 13.8. The third-order valence-corrected chi connectivity index (χ3v) is 4.70. The average molecular weight is 483 g/mol. The van der Waals surface area contributed by atoms with Crippen molar-refractivity contribution in [1.82, 2.24) is 21.1 Å². The molecule has 2 rings (SSSR count). The van der Waals surface area contributed by atoms with Gasteiger partial charge in [-0.2, -0.15) is 0 Å². The standard InChI is InChI=1S/C20H30N4O7.C3H8/c1-11(2)6-13(17(26)20(4)10-30-20)22-16(25)8-21-18(27)15(9-29-5)23-19(28)14-7-12(3)31-24-14;1-3-2/h7,11,13,15H,6,8-10H2,1-5H3,(H,21,27)(H,22,25)(H,23,28);3H2,1-2H3/t13-,15-,20+;/m0./s1. The number of hydrogen-bond acceptors (Lipinski definition) is 8. The van der Waals surface area contributed by atoms with Gasteiger partial charge >= 0.3 is 0 Å². The fourth-order valence-corrected chi connectivity index (χ4v) is 2.91. The fourth-order valence-electron chi connectivity index (χ4n) is 2.91. The van der Waals surface area contributed by atoms with E-state index in [-0.39, 0.29) is 30.5 Å². The van der Waals surface area contributed by atoms with E-state index in [1.165, 1.54) is 19.6 Å². The summed E-state index contributed by atoms with van der Waals surface area (Å²) in [6.45, 7) is 11.3. The predicted octanol–water partition coefficient (Wildman–Crippen LogP) is 1.15. The zero-order valence-electron chi connectivity index (χ0n) is 21.1. The van der Waals surface area contributed by atoms with Crippen LogP contribution in [0.5, 0.6) is 0 Å². The first-order chi connectivity index (χ1) is 16.0. The Morgan fingerprint density at radius 1 is 1.18 bits per heavy atom. The summed E-state index contributed by atoms with van der Waals surface area (Å²) in [5, 5.41) is 11.2. The van der Waals surface area contributed by atoms with E-state index in [1.807, 2.05) is 13.8 Å². The third kappa shape index (κ3) is 9.60. The molecule has 0 aromatic carbocycles. The normalized spacial score (nSPS) is 18.2. The molecule has 1 aliphatic heterocycles. The summed E-state index contributed by atoms with van der Waals surface area (Å²) in [5.74, 6) is -1.31. The SMILES string of the molecule is CCC.COC[C@H](NC(=O)c1cc(C)on1)C(=O)NCC(=O)N[C@@H](CC(C)C)C(=O)[C@@]1(C)CO1. The number of ether oxygens (including phenoxy) is 2. The second-order valence-electron chi connectivity index (χ2n) is 8.86. The van der Waals surface area contributed by atoms with E-state index in [0.717, 1.165) is 0 Å². The van der Waals surface area contributed by atoms with Gasteiger partial charge in [-0.05, 0) is 26.2 Å². The van der Waals surface area contributed by atoms with Gasteiger partial charge < -0.3 is 29.9 Å². The van der Waals surface area contributed by atoms with E-state index in [4.69, 9.17) is 14.0 Å². The van der Waals surface area contributed by atoms with Crippen LogP contribution in [0.3, 0.4) is 0 Å². The number of epoxide rings is 1. The maximum Gasteiger partial charge on any atom is 0.274 e. The van der Waals surface area contributed by atoms with E-state index in [9.17, 15) is 19.2 Å². The third-order valence-electron chi connectivity index (χ3n) is 4.70. The van der Waals surface area contributed by atoms with Gasteiger partial charge in [0.2, 0.25) is 11.8 Å². The highest BCUT2D eigenvalue weighted by molar-refractivity contribution is 5.98. The molecule has 3 N–H and O–H groups in total. The van der Waals surface area contributed by atoms with Crippen LogP contribution in [0.15, 0.2) is 10.6 Å². The van der Waals surface area contributed by atoms with Crippen LogP contribution in [0.2, 0.25) is 0 Å². The highest BCUT2D eigenvalue weighted by Gasteiger charge is 2.50. The summed E-state index contributed by atoms with van der Waals surface area (Å²) in [4.78, 5) is 49.6. The van der Waals surface area contributed by atoms with Gasteiger partial charge in [0, 0.05) is 13.2 Å². The number of methoxy groups -OCH3 is 1. The Bertz CT molecular complexity index is 833. The molecule has 2 heterocycles. The number of amides is 3. The van der Waals surface area contributed by atoms with Gasteiger partial charge in [-0.1, -0.05) is 39.3 Å². The van der Waals surface area contributed by atoms with Gasteiger partial charge in [-0.25, -0.2) is 0 Å². The maximum atomic E-state index is 12.6. The average Bonchev–Trinajstić information content (AvgIpc) is 3.36. The molecule has 3 atom stereocenters. The van der Waals surface area contributed by atoms with Crippen LogP contribution in [0.25, 0.3) is 0 Å². The topological polar surface area (TPSA) is 152 Å². The molecule has 1 saturated heterocycles. The molecule has 11 heteroatoms. The van der Waals surface area contributed by atoms with Crippen LogP contribution in [-0.2, 0) is 23.9 Å². The van der Waals surface area contributed by atoms with E-state index in [2.05, 4.69) is 35.0 Å². The number of aryl methyl sites for hydroxylation is 1. The minimum absolute atomic E-state index is 0.0231. The van der Waals surface area contributed by atoms with Gasteiger partial charge in [-0.15, -0.1) is 0 Å². The Morgan fingerprint density at radius 2 is 1.79 bits per heavy atom. The number of carbonyl (C=O) groups excluding carboxylic acids is 4. The molecule has 0 saturated carbocycles. The lowest BCUT2D eigenvalue weighted by Gasteiger charge is -2.22. The van der Waals surface area contributed by atoms with Gasteiger partial charge in [0.05, 0.1) is 25.8 Å². The summed E-state index contributed by atoms with van der Waals surface area (Å²) in [6, 6.07) is -0.323. The first kappa shape index (κ1) is 29.2. The summed E-state index contributed by atoms with van der Waals surface area (Å²) in [5.41, 5.74) is -0.835. The van der Waals surface area contributed by atoms with Gasteiger partial charge in [0.25, 0.3) is 5.91 Å². The van der Waals surface area contributed by atoms with E-state index in [1.54, 1.807) is 13.8 Å². The molecule has 1 aromatic heterocycles. The fraction of sp³-hybridized carbons (Fsp3) is 0.696. The minimum Gasteiger partial charge on any atom is -0.382 e. The number of aromatic nitrogens is 1. The molecule has 1 aliphatic rings. The second-order valence-corrected chi connectivity index (χ2v) is 8.86. The highest BCUT2D eigenvalue weighted by atomic mass is 16.6. The maximum absolute atomic E-state index is 12.6. The largest absolute Gasteiger partial charge is 0.382 e. The van der Waals surface area contributed by atoms with Crippen molar-refractivity contribution in [3.63, 3.8) is 0 Å². The van der Waals surface area contributed by atoms with Gasteiger partial charge in [-0.3, -0.25) is 19.2 Å². The number of nitrogens with zero attached hydrogens (tertiary/aromatic N) is 1. The molecular weight excluding hydrogens is 444 g/mol. The summed E-state index contributed by atoms with van der Waals surface area (Å²) in [7, 11) is 1.38. The molecule has 192 valence electrons. The molecule has 0 spiro atoms. The van der Waals surface area contributed by atoms with Crippen molar-refractivity contribution in [2.45, 2.75) is 72.1 Å². The number of ketones is 1. The Labute approximate surface area is 200 Å². The number of nitrogens with one attached hydrogen (secondary N) is 3. The van der Waals surface area contributed by atoms with Gasteiger partial charge in [0.15, 0.2) is 11.5 Å². The van der Waals surface area contributed by atoms with Crippen molar-refractivity contribution < 1.29 is 33.2 Å². The Hall–Kier alpha value is -2.79. The predicted molar refractivity (Wildman–Crippen MR) is 124 cm³/mol. The molecule has 0 bridgehead atoms. The van der Waals surface area contributed by atoms with Crippen molar-refractivity contribution in [3.05, 3.63) is 17.5 Å². The van der Waals surface area contributed by atoms with E-state index < -0.39 is 35.4 Å². The van der Waals surface area contributed by atoms with Crippen LogP contribution in [0.4, 0.5) is 0 Å². The molecule has 1 fully saturated rings. The van der Waals surface area contributed by atoms with Crippen molar-refractivity contribution in [2.75, 3.05) is 26.9 Å². The lowest BCUT2D eigenvalue weighted by atomic mass is 9.93. The van der Waals surface area contributed by atoms with Crippen LogP contribution < -0.4 is 16.0 Å².